The van der Waals surface area contributed by atoms with Crippen molar-refractivity contribution >= 4 is 0 Å². The lowest BCUT2D eigenvalue weighted by molar-refractivity contribution is 0.236. The van der Waals surface area contributed by atoms with Crippen LogP contribution in [0.3, 0.4) is 0 Å². The first-order valence-electron chi connectivity index (χ1n) is 6.83. The number of nitrogens with one attached hydrogen (secondary N) is 1. The summed E-state index contributed by atoms with van der Waals surface area (Å²) in [5.41, 5.74) is 5.83. The van der Waals surface area contributed by atoms with Crippen LogP contribution in [0.25, 0.3) is 0 Å². The number of rotatable bonds is 6. The zero-order valence-electron chi connectivity index (χ0n) is 10.5. The Morgan fingerprint density at radius 3 is 2.82 bits per heavy atom. The van der Waals surface area contributed by atoms with E-state index in [1.165, 1.54) is 25.7 Å². The van der Waals surface area contributed by atoms with Crippen LogP contribution >= 0.6 is 0 Å². The van der Waals surface area contributed by atoms with Crippen molar-refractivity contribution in [3.05, 3.63) is 24.2 Å². The molecule has 1 saturated carbocycles. The van der Waals surface area contributed by atoms with Gasteiger partial charge in [0.15, 0.2) is 0 Å². The molecule has 1 fully saturated rings. The van der Waals surface area contributed by atoms with Crippen molar-refractivity contribution < 1.29 is 4.42 Å². The predicted octanol–water partition coefficient (Wildman–Crippen LogP) is 2.18. The first kappa shape index (κ1) is 12.7. The summed E-state index contributed by atoms with van der Waals surface area (Å²) in [7, 11) is 0. The number of hydrogen-bond acceptors (Lipinski definition) is 3. The third-order valence-electron chi connectivity index (χ3n) is 3.90. The normalized spacial score (nSPS) is 25.0. The Bertz CT molecular complexity index is 297. The average Bonchev–Trinajstić information content (AvgIpc) is 2.88. The van der Waals surface area contributed by atoms with Crippen molar-refractivity contribution in [1.29, 1.82) is 0 Å². The van der Waals surface area contributed by atoms with Gasteiger partial charge in [-0.3, -0.25) is 0 Å². The molecule has 96 valence electrons. The largest absolute Gasteiger partial charge is 0.469 e. The van der Waals surface area contributed by atoms with E-state index in [4.69, 9.17) is 10.2 Å². The van der Waals surface area contributed by atoms with Gasteiger partial charge in [-0.25, -0.2) is 0 Å². The topological polar surface area (TPSA) is 51.2 Å². The summed E-state index contributed by atoms with van der Waals surface area (Å²) in [6.45, 7) is 2.97. The molecular weight excluding hydrogens is 212 g/mol. The van der Waals surface area contributed by atoms with E-state index in [0.717, 1.165) is 43.7 Å². The van der Waals surface area contributed by atoms with E-state index < -0.39 is 0 Å². The fourth-order valence-corrected chi connectivity index (χ4v) is 2.82. The fourth-order valence-electron chi connectivity index (χ4n) is 2.82. The van der Waals surface area contributed by atoms with Crippen LogP contribution in [0, 0.1) is 11.8 Å². The SMILES string of the molecule is NCC1CCCCC1CNCCc1ccco1. The van der Waals surface area contributed by atoms with Gasteiger partial charge >= 0.3 is 0 Å². The maximum Gasteiger partial charge on any atom is 0.105 e. The first-order valence-corrected chi connectivity index (χ1v) is 6.83. The van der Waals surface area contributed by atoms with Crippen molar-refractivity contribution in [2.24, 2.45) is 17.6 Å². The van der Waals surface area contributed by atoms with Gasteiger partial charge in [-0.1, -0.05) is 12.8 Å². The van der Waals surface area contributed by atoms with E-state index >= 15 is 0 Å². The quantitative estimate of drug-likeness (QED) is 0.744. The Morgan fingerprint density at radius 2 is 2.12 bits per heavy atom. The lowest BCUT2D eigenvalue weighted by Crippen LogP contribution is -2.35. The minimum atomic E-state index is 0.736. The van der Waals surface area contributed by atoms with Crippen molar-refractivity contribution in [1.82, 2.24) is 5.32 Å². The van der Waals surface area contributed by atoms with Crippen LogP contribution in [0.5, 0.6) is 0 Å². The summed E-state index contributed by atoms with van der Waals surface area (Å²) in [6, 6.07) is 3.98. The molecule has 0 aliphatic heterocycles. The highest BCUT2D eigenvalue weighted by molar-refractivity contribution is 4.98. The molecule has 1 aliphatic rings. The molecule has 2 atom stereocenters. The number of hydrogen-bond donors (Lipinski definition) is 2. The van der Waals surface area contributed by atoms with Crippen molar-refractivity contribution in [3.63, 3.8) is 0 Å². The van der Waals surface area contributed by atoms with Gasteiger partial charge in [0.2, 0.25) is 0 Å². The van der Waals surface area contributed by atoms with E-state index in [0.29, 0.717) is 0 Å². The van der Waals surface area contributed by atoms with Crippen molar-refractivity contribution in [2.75, 3.05) is 19.6 Å². The molecule has 1 aromatic heterocycles. The first-order chi connectivity index (χ1) is 8.40. The molecule has 0 radical (unpaired) electrons. The number of nitrogens with two attached hydrogens (primary N) is 1. The van der Waals surface area contributed by atoms with E-state index in [9.17, 15) is 0 Å². The summed E-state index contributed by atoms with van der Waals surface area (Å²) in [5.74, 6) is 2.58. The monoisotopic (exact) mass is 236 g/mol. The Balaban J connectivity index is 1.63. The second-order valence-electron chi connectivity index (χ2n) is 5.07. The van der Waals surface area contributed by atoms with Crippen LogP contribution in [0.1, 0.15) is 31.4 Å². The van der Waals surface area contributed by atoms with Crippen LogP contribution in [0.2, 0.25) is 0 Å². The molecule has 17 heavy (non-hydrogen) atoms. The molecule has 3 N–H and O–H groups in total. The predicted molar refractivity (Wildman–Crippen MR) is 69.8 cm³/mol. The van der Waals surface area contributed by atoms with Gasteiger partial charge in [-0.15, -0.1) is 0 Å². The van der Waals surface area contributed by atoms with Gasteiger partial charge < -0.3 is 15.5 Å². The molecule has 1 aliphatic carbocycles. The molecule has 2 rings (SSSR count). The highest BCUT2D eigenvalue weighted by Crippen LogP contribution is 2.28. The van der Waals surface area contributed by atoms with Crippen molar-refractivity contribution in [2.45, 2.75) is 32.1 Å². The lowest BCUT2D eigenvalue weighted by atomic mass is 9.79. The summed E-state index contributed by atoms with van der Waals surface area (Å²) in [4.78, 5) is 0. The van der Waals surface area contributed by atoms with Crippen LogP contribution in [0.4, 0.5) is 0 Å². The Morgan fingerprint density at radius 1 is 1.29 bits per heavy atom. The summed E-state index contributed by atoms with van der Waals surface area (Å²) < 4.78 is 5.31. The maximum atomic E-state index is 5.83. The molecule has 1 heterocycles. The maximum absolute atomic E-state index is 5.83. The molecular formula is C14H24N2O. The van der Waals surface area contributed by atoms with Crippen LogP contribution < -0.4 is 11.1 Å². The fraction of sp³-hybridized carbons (Fsp3) is 0.714. The average molecular weight is 236 g/mol. The number of furan rings is 1. The summed E-state index contributed by atoms with van der Waals surface area (Å²) in [5, 5.41) is 3.54. The van der Waals surface area contributed by atoms with Gasteiger partial charge in [-0.2, -0.15) is 0 Å². The van der Waals surface area contributed by atoms with Crippen LogP contribution in [-0.4, -0.2) is 19.6 Å². The van der Waals surface area contributed by atoms with E-state index in [2.05, 4.69) is 5.32 Å². The highest BCUT2D eigenvalue weighted by atomic mass is 16.3. The zero-order chi connectivity index (χ0) is 11.9. The van der Waals surface area contributed by atoms with Gasteiger partial charge in [0.05, 0.1) is 6.26 Å². The molecule has 0 aromatic carbocycles. The smallest absolute Gasteiger partial charge is 0.105 e. The molecule has 1 aromatic rings. The molecule has 0 spiro atoms. The minimum Gasteiger partial charge on any atom is -0.469 e. The third-order valence-corrected chi connectivity index (χ3v) is 3.90. The minimum absolute atomic E-state index is 0.736. The second-order valence-corrected chi connectivity index (χ2v) is 5.07. The van der Waals surface area contributed by atoms with Crippen LogP contribution in [-0.2, 0) is 6.42 Å². The van der Waals surface area contributed by atoms with Crippen LogP contribution in [0.15, 0.2) is 22.8 Å². The molecule has 3 nitrogen and oxygen atoms in total. The zero-order valence-corrected chi connectivity index (χ0v) is 10.5. The van der Waals surface area contributed by atoms with Gasteiger partial charge in [-0.05, 0) is 49.9 Å². The third kappa shape index (κ3) is 3.86. The Hall–Kier alpha value is -0.800. The van der Waals surface area contributed by atoms with E-state index in [1.807, 2.05) is 12.1 Å². The molecule has 0 saturated heterocycles. The molecule has 2 unspecified atom stereocenters. The van der Waals surface area contributed by atoms with Gasteiger partial charge in [0.1, 0.15) is 5.76 Å². The van der Waals surface area contributed by atoms with E-state index in [1.54, 1.807) is 6.26 Å². The highest BCUT2D eigenvalue weighted by Gasteiger charge is 2.23. The van der Waals surface area contributed by atoms with Crippen molar-refractivity contribution in [3.8, 4) is 0 Å². The molecule has 0 bridgehead atoms. The lowest BCUT2D eigenvalue weighted by Gasteiger charge is -2.30. The summed E-state index contributed by atoms with van der Waals surface area (Å²) >= 11 is 0. The summed E-state index contributed by atoms with van der Waals surface area (Å²) in [6.07, 6.45) is 8.12. The standard InChI is InChI=1S/C14H24N2O/c15-10-12-4-1-2-5-13(12)11-16-8-7-14-6-3-9-17-14/h3,6,9,12-13,16H,1-2,4-5,7-8,10-11,15H2. The van der Waals surface area contributed by atoms with E-state index in [-0.39, 0.29) is 0 Å². The second kappa shape index (κ2) is 6.82. The van der Waals surface area contributed by atoms with Gasteiger partial charge in [0.25, 0.3) is 0 Å². The Kier molecular flexibility index (Phi) is 5.08. The molecule has 0 amide bonds. The Labute approximate surface area is 104 Å². The van der Waals surface area contributed by atoms with Gasteiger partial charge in [0, 0.05) is 13.0 Å². The molecule has 3 heteroatoms.